The number of carbonyl (C=O) groups excluding carboxylic acids is 1. The van der Waals surface area contributed by atoms with Crippen LogP contribution in [0, 0.1) is 0 Å². The predicted molar refractivity (Wildman–Crippen MR) is 111 cm³/mol. The summed E-state index contributed by atoms with van der Waals surface area (Å²) in [7, 11) is 0. The topological polar surface area (TPSA) is 108 Å². The molecular weight excluding hydrogens is 368 g/mol. The van der Waals surface area contributed by atoms with E-state index < -0.39 is 6.09 Å². The lowest BCUT2D eigenvalue weighted by atomic mass is 9.99. The summed E-state index contributed by atoms with van der Waals surface area (Å²) in [5.74, 6) is 0.456. The number of nitrogens with two attached hydrogens (primary N) is 1. The minimum Gasteiger partial charge on any atom is -0.450 e. The highest BCUT2D eigenvalue weighted by atomic mass is 16.5. The van der Waals surface area contributed by atoms with Crippen molar-refractivity contribution in [1.82, 2.24) is 20.0 Å². The normalized spacial score (nSPS) is 11.0. The maximum Gasteiger partial charge on any atom is 0.412 e. The lowest BCUT2D eigenvalue weighted by Gasteiger charge is -2.19. The number of nitrogens with one attached hydrogen (secondary N) is 1. The minimum atomic E-state index is -0.597. The van der Waals surface area contributed by atoms with Crippen LogP contribution in [0.1, 0.15) is 24.1 Å². The molecular formula is C21H20N6O2. The third kappa shape index (κ3) is 3.73. The molecule has 4 aromatic rings. The molecule has 0 aliphatic rings. The Labute approximate surface area is 167 Å². The highest BCUT2D eigenvalue weighted by molar-refractivity contribution is 5.91. The third-order valence-corrected chi connectivity index (χ3v) is 4.47. The van der Waals surface area contributed by atoms with Crippen molar-refractivity contribution in [2.45, 2.75) is 13.0 Å². The van der Waals surface area contributed by atoms with Crippen molar-refractivity contribution >= 4 is 28.8 Å². The Balaban J connectivity index is 1.86. The number of rotatable bonds is 5. The van der Waals surface area contributed by atoms with Crippen LogP contribution < -0.4 is 11.1 Å². The summed E-state index contributed by atoms with van der Waals surface area (Å²) in [4.78, 5) is 16.0. The standard InChI is InChI=1S/C21H20N6O2/c1-2-29-21(28)24-17-13-16-18(20(22)23-17)25-26-27(16)19(14-9-5-3-6-10-14)15-11-7-4-8-12-15/h3-13,19H,2H2,1H3,(H3,22,23,24,28). The first-order chi connectivity index (χ1) is 14.2. The Morgan fingerprint density at radius 1 is 1.10 bits per heavy atom. The minimum absolute atomic E-state index is 0.181. The second kappa shape index (κ2) is 7.97. The van der Waals surface area contributed by atoms with Gasteiger partial charge in [0.05, 0.1) is 12.1 Å². The zero-order valence-electron chi connectivity index (χ0n) is 15.8. The van der Waals surface area contributed by atoms with Gasteiger partial charge in [0, 0.05) is 6.07 Å². The molecule has 0 aliphatic carbocycles. The number of carbonyl (C=O) groups is 1. The van der Waals surface area contributed by atoms with Crippen LogP contribution in [0.25, 0.3) is 11.0 Å². The molecule has 2 aromatic heterocycles. The molecule has 2 heterocycles. The Morgan fingerprint density at radius 2 is 1.72 bits per heavy atom. The Bertz CT molecular complexity index is 1090. The quantitative estimate of drug-likeness (QED) is 0.541. The van der Waals surface area contributed by atoms with Crippen LogP contribution in [-0.4, -0.2) is 32.7 Å². The van der Waals surface area contributed by atoms with Crippen molar-refractivity contribution in [3.63, 3.8) is 0 Å². The van der Waals surface area contributed by atoms with E-state index in [1.807, 2.05) is 60.7 Å². The van der Waals surface area contributed by atoms with Gasteiger partial charge in [-0.1, -0.05) is 65.9 Å². The van der Waals surface area contributed by atoms with Gasteiger partial charge in [-0.15, -0.1) is 5.10 Å². The number of hydrogen-bond donors (Lipinski definition) is 2. The molecule has 0 saturated heterocycles. The number of hydrogen-bond acceptors (Lipinski definition) is 6. The Kier molecular flexibility index (Phi) is 5.07. The van der Waals surface area contributed by atoms with Crippen molar-refractivity contribution in [3.8, 4) is 0 Å². The molecule has 1 amide bonds. The molecule has 0 aliphatic heterocycles. The molecule has 0 fully saturated rings. The van der Waals surface area contributed by atoms with E-state index in [0.29, 0.717) is 11.0 Å². The summed E-state index contributed by atoms with van der Waals surface area (Å²) in [6.07, 6.45) is -0.597. The van der Waals surface area contributed by atoms with E-state index in [-0.39, 0.29) is 24.3 Å². The molecule has 29 heavy (non-hydrogen) atoms. The largest absolute Gasteiger partial charge is 0.450 e. The van der Waals surface area contributed by atoms with Crippen molar-refractivity contribution in [3.05, 3.63) is 77.9 Å². The summed E-state index contributed by atoms with van der Waals surface area (Å²) in [5.41, 5.74) is 9.29. The number of nitrogens with zero attached hydrogens (tertiary/aromatic N) is 4. The van der Waals surface area contributed by atoms with Gasteiger partial charge < -0.3 is 10.5 Å². The number of aromatic nitrogens is 4. The van der Waals surface area contributed by atoms with Crippen LogP contribution in [0.3, 0.4) is 0 Å². The fourth-order valence-corrected chi connectivity index (χ4v) is 3.23. The zero-order chi connectivity index (χ0) is 20.2. The first-order valence-corrected chi connectivity index (χ1v) is 9.22. The lowest BCUT2D eigenvalue weighted by molar-refractivity contribution is 0.168. The van der Waals surface area contributed by atoms with E-state index >= 15 is 0 Å². The average Bonchev–Trinajstić information content (AvgIpc) is 3.14. The summed E-state index contributed by atoms with van der Waals surface area (Å²) >= 11 is 0. The van der Waals surface area contributed by atoms with Gasteiger partial charge in [-0.25, -0.2) is 14.5 Å². The molecule has 0 saturated carbocycles. The van der Waals surface area contributed by atoms with Gasteiger partial charge in [-0.05, 0) is 18.1 Å². The maximum atomic E-state index is 11.8. The maximum absolute atomic E-state index is 11.8. The van der Waals surface area contributed by atoms with Crippen LogP contribution in [0.15, 0.2) is 66.7 Å². The molecule has 8 heteroatoms. The number of amides is 1. The van der Waals surface area contributed by atoms with Gasteiger partial charge in [0.25, 0.3) is 0 Å². The third-order valence-electron chi connectivity index (χ3n) is 4.47. The second-order valence-electron chi connectivity index (χ2n) is 6.36. The fourth-order valence-electron chi connectivity index (χ4n) is 3.23. The predicted octanol–water partition coefficient (Wildman–Crippen LogP) is 3.61. The van der Waals surface area contributed by atoms with E-state index in [1.54, 1.807) is 17.7 Å². The summed E-state index contributed by atoms with van der Waals surface area (Å²) in [6, 6.07) is 21.5. The van der Waals surface area contributed by atoms with Crippen LogP contribution in [-0.2, 0) is 4.74 Å². The number of benzene rings is 2. The molecule has 4 rings (SSSR count). The molecule has 0 atom stereocenters. The average molecular weight is 388 g/mol. The summed E-state index contributed by atoms with van der Waals surface area (Å²) in [5, 5.41) is 11.2. The SMILES string of the molecule is CCOC(=O)Nc1cc2c(nnn2C(c2ccccc2)c2ccccc2)c(N)n1. The highest BCUT2D eigenvalue weighted by Crippen LogP contribution is 2.30. The number of fused-ring (bicyclic) bond motifs is 1. The van der Waals surface area contributed by atoms with Crippen molar-refractivity contribution in [2.24, 2.45) is 0 Å². The van der Waals surface area contributed by atoms with E-state index in [1.165, 1.54) is 0 Å². The van der Waals surface area contributed by atoms with Crippen LogP contribution >= 0.6 is 0 Å². The molecule has 0 spiro atoms. The molecule has 0 radical (unpaired) electrons. The molecule has 3 N–H and O–H groups in total. The number of nitrogen functional groups attached to an aromatic ring is 1. The Hall–Kier alpha value is -3.94. The van der Waals surface area contributed by atoms with Gasteiger partial charge in [0.1, 0.15) is 11.9 Å². The Morgan fingerprint density at radius 3 is 2.31 bits per heavy atom. The zero-order valence-corrected chi connectivity index (χ0v) is 15.8. The molecule has 0 unspecified atom stereocenters. The van der Waals surface area contributed by atoms with E-state index in [2.05, 4.69) is 20.6 Å². The number of pyridine rings is 1. The van der Waals surface area contributed by atoms with Gasteiger partial charge in [-0.3, -0.25) is 5.32 Å². The van der Waals surface area contributed by atoms with E-state index in [0.717, 1.165) is 11.1 Å². The number of ether oxygens (including phenoxy) is 1. The highest BCUT2D eigenvalue weighted by Gasteiger charge is 2.22. The summed E-state index contributed by atoms with van der Waals surface area (Å²) in [6.45, 7) is 1.99. The molecule has 146 valence electrons. The van der Waals surface area contributed by atoms with E-state index in [9.17, 15) is 4.79 Å². The number of anilines is 2. The monoisotopic (exact) mass is 388 g/mol. The van der Waals surface area contributed by atoms with Crippen molar-refractivity contribution < 1.29 is 9.53 Å². The summed E-state index contributed by atoms with van der Waals surface area (Å²) < 4.78 is 6.71. The first kappa shape index (κ1) is 18.4. The lowest BCUT2D eigenvalue weighted by Crippen LogP contribution is -2.16. The van der Waals surface area contributed by atoms with Gasteiger partial charge in [-0.2, -0.15) is 0 Å². The van der Waals surface area contributed by atoms with Gasteiger partial charge in [0.2, 0.25) is 0 Å². The molecule has 0 bridgehead atoms. The van der Waals surface area contributed by atoms with Crippen LogP contribution in [0.5, 0.6) is 0 Å². The van der Waals surface area contributed by atoms with Crippen molar-refractivity contribution in [2.75, 3.05) is 17.7 Å². The van der Waals surface area contributed by atoms with E-state index in [4.69, 9.17) is 10.5 Å². The van der Waals surface area contributed by atoms with Crippen LogP contribution in [0.2, 0.25) is 0 Å². The molecule has 2 aromatic carbocycles. The van der Waals surface area contributed by atoms with Gasteiger partial charge >= 0.3 is 6.09 Å². The fraction of sp³-hybridized carbons (Fsp3) is 0.143. The second-order valence-corrected chi connectivity index (χ2v) is 6.36. The smallest absolute Gasteiger partial charge is 0.412 e. The van der Waals surface area contributed by atoms with Crippen molar-refractivity contribution in [1.29, 1.82) is 0 Å². The van der Waals surface area contributed by atoms with Gasteiger partial charge in [0.15, 0.2) is 11.3 Å². The molecule has 8 nitrogen and oxygen atoms in total. The van der Waals surface area contributed by atoms with Crippen LogP contribution in [0.4, 0.5) is 16.4 Å². The first-order valence-electron chi connectivity index (χ1n) is 9.22.